The van der Waals surface area contributed by atoms with E-state index >= 15 is 0 Å². The Balaban J connectivity index is 1.76. The molecule has 0 saturated carbocycles. The van der Waals surface area contributed by atoms with Crippen molar-refractivity contribution in [2.75, 3.05) is 13.7 Å². The minimum atomic E-state index is -3.77. The van der Waals surface area contributed by atoms with Crippen molar-refractivity contribution < 1.29 is 17.9 Å². The molecule has 0 amide bonds. The van der Waals surface area contributed by atoms with Crippen molar-refractivity contribution in [2.45, 2.75) is 30.5 Å². The van der Waals surface area contributed by atoms with Crippen LogP contribution in [0.25, 0.3) is 0 Å². The number of methoxy groups -OCH3 is 1. The van der Waals surface area contributed by atoms with Gasteiger partial charge in [-0.05, 0) is 35.2 Å². The van der Waals surface area contributed by atoms with Crippen molar-refractivity contribution in [3.8, 4) is 5.75 Å². The first-order chi connectivity index (χ1) is 14.6. The van der Waals surface area contributed by atoms with Gasteiger partial charge in [-0.1, -0.05) is 60.7 Å². The van der Waals surface area contributed by atoms with Gasteiger partial charge in [-0.3, -0.25) is 0 Å². The fourth-order valence-electron chi connectivity index (χ4n) is 3.76. The standard InChI is InChI=1S/C24H25NO4S/c1-28-23-12-7-13-24(15-23)30(26,27)25-16-20-10-5-6-11-21(20)17-29-18-22(25)14-19-8-3-2-4-9-19/h2-13,15,22H,14,16-18H2,1H3. The molecule has 0 fully saturated rings. The van der Waals surface area contributed by atoms with E-state index in [0.29, 0.717) is 31.9 Å². The van der Waals surface area contributed by atoms with Gasteiger partial charge < -0.3 is 9.47 Å². The van der Waals surface area contributed by atoms with E-state index in [1.54, 1.807) is 28.6 Å². The number of sulfonamides is 1. The van der Waals surface area contributed by atoms with Gasteiger partial charge in [0.1, 0.15) is 5.75 Å². The van der Waals surface area contributed by atoms with Crippen LogP contribution in [0.2, 0.25) is 0 Å². The zero-order valence-corrected chi connectivity index (χ0v) is 17.7. The summed E-state index contributed by atoms with van der Waals surface area (Å²) in [5, 5.41) is 0. The fraction of sp³-hybridized carbons (Fsp3) is 0.250. The topological polar surface area (TPSA) is 55.8 Å². The molecule has 0 spiro atoms. The Kier molecular flexibility index (Phi) is 6.18. The molecule has 1 aliphatic heterocycles. The summed E-state index contributed by atoms with van der Waals surface area (Å²) in [6, 6.07) is 24.1. The van der Waals surface area contributed by atoms with E-state index in [1.807, 2.05) is 54.6 Å². The van der Waals surface area contributed by atoms with Gasteiger partial charge in [0, 0.05) is 12.6 Å². The molecule has 1 unspecified atom stereocenters. The fourth-order valence-corrected chi connectivity index (χ4v) is 5.39. The number of benzene rings is 3. The highest BCUT2D eigenvalue weighted by molar-refractivity contribution is 7.89. The van der Waals surface area contributed by atoms with Crippen LogP contribution in [0, 0.1) is 0 Å². The summed E-state index contributed by atoms with van der Waals surface area (Å²) in [7, 11) is -2.24. The number of ether oxygens (including phenoxy) is 2. The van der Waals surface area contributed by atoms with Crippen molar-refractivity contribution in [1.29, 1.82) is 0 Å². The highest BCUT2D eigenvalue weighted by Gasteiger charge is 2.34. The monoisotopic (exact) mass is 423 g/mol. The van der Waals surface area contributed by atoms with E-state index < -0.39 is 10.0 Å². The van der Waals surface area contributed by atoms with Crippen LogP contribution in [0.3, 0.4) is 0 Å². The van der Waals surface area contributed by atoms with Crippen LogP contribution >= 0.6 is 0 Å². The van der Waals surface area contributed by atoms with E-state index in [9.17, 15) is 8.42 Å². The van der Waals surface area contributed by atoms with Gasteiger partial charge in [-0.25, -0.2) is 8.42 Å². The van der Waals surface area contributed by atoms with Gasteiger partial charge >= 0.3 is 0 Å². The summed E-state index contributed by atoms with van der Waals surface area (Å²) in [6.07, 6.45) is 0.576. The molecule has 3 aromatic rings. The van der Waals surface area contributed by atoms with Crippen LogP contribution in [0.5, 0.6) is 5.75 Å². The molecule has 4 rings (SSSR count). The molecule has 0 N–H and O–H groups in total. The van der Waals surface area contributed by atoms with Crippen LogP contribution in [-0.2, 0) is 34.3 Å². The summed E-state index contributed by atoms with van der Waals surface area (Å²) in [4.78, 5) is 0.220. The average Bonchev–Trinajstić information content (AvgIpc) is 2.76. The van der Waals surface area contributed by atoms with Gasteiger partial charge in [-0.15, -0.1) is 0 Å². The Morgan fingerprint density at radius 3 is 2.47 bits per heavy atom. The Morgan fingerprint density at radius 1 is 0.967 bits per heavy atom. The zero-order chi connectivity index (χ0) is 21.0. The molecule has 0 saturated heterocycles. The third kappa shape index (κ3) is 4.41. The molecule has 1 atom stereocenters. The lowest BCUT2D eigenvalue weighted by molar-refractivity contribution is 0.0674. The first-order valence-corrected chi connectivity index (χ1v) is 11.4. The zero-order valence-electron chi connectivity index (χ0n) is 16.9. The number of hydrogen-bond acceptors (Lipinski definition) is 4. The van der Waals surface area contributed by atoms with Crippen molar-refractivity contribution in [1.82, 2.24) is 4.31 Å². The van der Waals surface area contributed by atoms with Gasteiger partial charge in [0.05, 0.1) is 31.3 Å². The molecule has 1 heterocycles. The summed E-state index contributed by atoms with van der Waals surface area (Å²) < 4.78 is 40.3. The van der Waals surface area contributed by atoms with Crippen LogP contribution in [0.15, 0.2) is 83.8 Å². The summed E-state index contributed by atoms with van der Waals surface area (Å²) in [6.45, 7) is 1.11. The maximum absolute atomic E-state index is 13.7. The van der Waals surface area contributed by atoms with Crippen molar-refractivity contribution in [3.63, 3.8) is 0 Å². The summed E-state index contributed by atoms with van der Waals surface area (Å²) in [5.41, 5.74) is 3.05. The molecule has 5 nitrogen and oxygen atoms in total. The van der Waals surface area contributed by atoms with Crippen LogP contribution in [0.1, 0.15) is 16.7 Å². The van der Waals surface area contributed by atoms with Crippen LogP contribution in [0.4, 0.5) is 0 Å². The van der Waals surface area contributed by atoms with Crippen molar-refractivity contribution in [2.24, 2.45) is 0 Å². The van der Waals surface area contributed by atoms with E-state index in [2.05, 4.69) is 0 Å². The molecule has 3 aromatic carbocycles. The Labute approximate surface area is 177 Å². The Hall–Kier alpha value is -2.67. The van der Waals surface area contributed by atoms with Crippen molar-refractivity contribution >= 4 is 10.0 Å². The first-order valence-electron chi connectivity index (χ1n) is 9.92. The third-order valence-corrected chi connectivity index (χ3v) is 7.28. The van der Waals surface area contributed by atoms with Gasteiger partial charge in [-0.2, -0.15) is 4.31 Å². The molecule has 0 aromatic heterocycles. The molecule has 0 radical (unpaired) electrons. The Bertz CT molecular complexity index is 1100. The second kappa shape index (κ2) is 9.00. The lowest BCUT2D eigenvalue weighted by atomic mass is 10.0. The van der Waals surface area contributed by atoms with Crippen LogP contribution < -0.4 is 4.74 Å². The lowest BCUT2D eigenvalue weighted by Crippen LogP contribution is -2.44. The van der Waals surface area contributed by atoms with Gasteiger partial charge in [0.15, 0.2) is 0 Å². The maximum atomic E-state index is 13.7. The molecule has 1 aliphatic rings. The molecule has 30 heavy (non-hydrogen) atoms. The van der Waals surface area contributed by atoms with Gasteiger partial charge in [0.2, 0.25) is 10.0 Å². The molecule has 156 valence electrons. The smallest absolute Gasteiger partial charge is 0.243 e. The normalized spacial score (nSPS) is 17.6. The number of nitrogens with zero attached hydrogens (tertiary/aromatic N) is 1. The van der Waals surface area contributed by atoms with Crippen molar-refractivity contribution in [3.05, 3.63) is 95.6 Å². The first kappa shape index (κ1) is 20.6. The van der Waals surface area contributed by atoms with E-state index in [4.69, 9.17) is 9.47 Å². The number of fused-ring (bicyclic) bond motifs is 1. The van der Waals surface area contributed by atoms with Gasteiger partial charge in [0.25, 0.3) is 0 Å². The summed E-state index contributed by atoms with van der Waals surface area (Å²) >= 11 is 0. The molecule has 0 bridgehead atoms. The molecule has 6 heteroatoms. The predicted octanol–water partition coefficient (Wildman–Crippen LogP) is 4.03. The van der Waals surface area contributed by atoms with Crippen LogP contribution in [-0.4, -0.2) is 32.5 Å². The highest BCUT2D eigenvalue weighted by Crippen LogP contribution is 2.28. The molecular formula is C24H25NO4S. The number of hydrogen-bond donors (Lipinski definition) is 0. The third-order valence-electron chi connectivity index (χ3n) is 5.38. The second-order valence-corrected chi connectivity index (χ2v) is 9.25. The quantitative estimate of drug-likeness (QED) is 0.622. The molecule has 0 aliphatic carbocycles. The van der Waals surface area contributed by atoms with E-state index in [-0.39, 0.29) is 10.9 Å². The number of rotatable bonds is 5. The minimum Gasteiger partial charge on any atom is -0.497 e. The van der Waals surface area contributed by atoms with E-state index in [0.717, 1.165) is 16.7 Å². The predicted molar refractivity (Wildman–Crippen MR) is 116 cm³/mol. The van der Waals surface area contributed by atoms with E-state index in [1.165, 1.54) is 7.11 Å². The maximum Gasteiger partial charge on any atom is 0.243 e. The minimum absolute atomic E-state index is 0.220. The average molecular weight is 424 g/mol. The lowest BCUT2D eigenvalue weighted by Gasteiger charge is -2.33. The summed E-state index contributed by atoms with van der Waals surface area (Å²) in [5.74, 6) is 0.513. The SMILES string of the molecule is COc1cccc(S(=O)(=O)N2Cc3ccccc3COCC2Cc2ccccc2)c1. The largest absolute Gasteiger partial charge is 0.497 e. The Morgan fingerprint density at radius 2 is 1.70 bits per heavy atom. The second-order valence-electron chi connectivity index (χ2n) is 7.36. The molecular weight excluding hydrogens is 398 g/mol. The highest BCUT2D eigenvalue weighted by atomic mass is 32.2.